The van der Waals surface area contributed by atoms with Crippen LogP contribution in [0.3, 0.4) is 0 Å². The Kier molecular flexibility index (Phi) is 4.91. The molecule has 2 aromatic rings. The van der Waals surface area contributed by atoms with Gasteiger partial charge in [0.05, 0.1) is 7.11 Å². The summed E-state index contributed by atoms with van der Waals surface area (Å²) in [6.07, 6.45) is 3.12. The van der Waals surface area contributed by atoms with E-state index in [9.17, 15) is 9.59 Å². The van der Waals surface area contributed by atoms with Crippen LogP contribution in [0.1, 0.15) is 40.6 Å². The predicted octanol–water partition coefficient (Wildman–Crippen LogP) is 3.69. The zero-order valence-electron chi connectivity index (χ0n) is 15.6. The van der Waals surface area contributed by atoms with Crippen molar-refractivity contribution in [3.63, 3.8) is 0 Å². The molecule has 0 spiro atoms. The maximum Gasteiger partial charge on any atom is 0.349 e. The third-order valence-electron chi connectivity index (χ3n) is 5.28. The highest BCUT2D eigenvalue weighted by atomic mass is 32.1. The first-order chi connectivity index (χ1) is 13.1. The number of carbonyl (C=O) groups is 2. The number of esters is 1. The van der Waals surface area contributed by atoms with Gasteiger partial charge in [-0.3, -0.25) is 4.79 Å². The van der Waals surface area contributed by atoms with Crippen LogP contribution in [0.15, 0.2) is 24.3 Å². The molecule has 1 amide bonds. The molecule has 0 bridgehead atoms. The molecule has 6 heteroatoms. The van der Waals surface area contributed by atoms with E-state index < -0.39 is 12.1 Å². The van der Waals surface area contributed by atoms with E-state index >= 15 is 0 Å². The van der Waals surface area contributed by atoms with Gasteiger partial charge in [0, 0.05) is 18.0 Å². The number of amides is 1. The van der Waals surface area contributed by atoms with Crippen molar-refractivity contribution in [1.82, 2.24) is 4.90 Å². The molecular weight excluding hydrogens is 362 g/mol. The Morgan fingerprint density at radius 3 is 2.59 bits per heavy atom. The van der Waals surface area contributed by atoms with Crippen molar-refractivity contribution in [2.24, 2.45) is 0 Å². The molecule has 1 fully saturated rings. The Labute approximate surface area is 162 Å². The largest absolute Gasteiger partial charge is 0.497 e. The van der Waals surface area contributed by atoms with E-state index in [0.29, 0.717) is 4.88 Å². The molecule has 0 unspecified atom stereocenters. The Hall–Kier alpha value is -2.34. The zero-order valence-corrected chi connectivity index (χ0v) is 16.4. The van der Waals surface area contributed by atoms with Gasteiger partial charge >= 0.3 is 5.97 Å². The summed E-state index contributed by atoms with van der Waals surface area (Å²) in [5.41, 5.74) is 3.56. The predicted molar refractivity (Wildman–Crippen MR) is 104 cm³/mol. The number of likely N-dealkylation sites (tertiary alicyclic amines) is 1. The van der Waals surface area contributed by atoms with Gasteiger partial charge in [-0.25, -0.2) is 4.79 Å². The minimum absolute atomic E-state index is 0.0976. The Morgan fingerprint density at radius 2 is 1.85 bits per heavy atom. The molecule has 27 heavy (non-hydrogen) atoms. The van der Waals surface area contributed by atoms with Crippen LogP contribution in [0, 0.1) is 0 Å². The van der Waals surface area contributed by atoms with Gasteiger partial charge in [-0.2, -0.15) is 0 Å². The lowest BCUT2D eigenvalue weighted by Crippen LogP contribution is -2.38. The number of methoxy groups -OCH3 is 1. The quantitative estimate of drug-likeness (QED) is 0.753. The second-order valence-electron chi connectivity index (χ2n) is 7.07. The Morgan fingerprint density at radius 1 is 1.11 bits per heavy atom. The SMILES string of the molecule is COc1ccc2c(c1)CCc1cc(C(=O)O[C@H](C)C(=O)N3CCCC3)sc1-2. The molecule has 2 heterocycles. The summed E-state index contributed by atoms with van der Waals surface area (Å²) in [6, 6.07) is 7.98. The summed E-state index contributed by atoms with van der Waals surface area (Å²) in [7, 11) is 1.67. The standard InChI is InChI=1S/C21H23NO4S/c1-13(20(23)22-9-3-4-10-22)26-21(24)18-12-15-6-5-14-11-16(25-2)7-8-17(14)19(15)27-18/h7-8,11-13H,3-6,9-10H2,1-2H3/t13-/m1/s1. The lowest BCUT2D eigenvalue weighted by atomic mass is 9.91. The lowest BCUT2D eigenvalue weighted by Gasteiger charge is -2.20. The highest BCUT2D eigenvalue weighted by Gasteiger charge is 2.28. The van der Waals surface area contributed by atoms with Crippen LogP contribution in [0.5, 0.6) is 5.75 Å². The molecule has 5 nitrogen and oxygen atoms in total. The minimum Gasteiger partial charge on any atom is -0.497 e. The smallest absolute Gasteiger partial charge is 0.349 e. The second-order valence-corrected chi connectivity index (χ2v) is 8.12. The molecule has 1 aromatic carbocycles. The molecule has 1 aliphatic heterocycles. The average Bonchev–Trinajstić information content (AvgIpc) is 3.36. The zero-order chi connectivity index (χ0) is 19.0. The molecule has 0 N–H and O–H groups in total. The summed E-state index contributed by atoms with van der Waals surface area (Å²) in [6.45, 7) is 3.18. The Bertz CT molecular complexity index is 882. The van der Waals surface area contributed by atoms with Crippen LogP contribution in [-0.4, -0.2) is 43.1 Å². The van der Waals surface area contributed by atoms with Crippen molar-refractivity contribution < 1.29 is 19.1 Å². The van der Waals surface area contributed by atoms with Crippen molar-refractivity contribution in [2.75, 3.05) is 20.2 Å². The highest BCUT2D eigenvalue weighted by Crippen LogP contribution is 2.41. The molecule has 4 rings (SSSR count). The number of rotatable bonds is 4. The summed E-state index contributed by atoms with van der Waals surface area (Å²) in [4.78, 5) is 28.4. The summed E-state index contributed by atoms with van der Waals surface area (Å²) in [5.74, 6) is 0.340. The van der Waals surface area contributed by atoms with Crippen molar-refractivity contribution in [2.45, 2.75) is 38.7 Å². The van der Waals surface area contributed by atoms with Crippen molar-refractivity contribution in [3.8, 4) is 16.2 Å². The first-order valence-corrected chi connectivity index (χ1v) is 10.2. The third kappa shape index (κ3) is 3.46. The number of benzene rings is 1. The fraction of sp³-hybridized carbons (Fsp3) is 0.429. The number of fused-ring (bicyclic) bond motifs is 3. The molecular formula is C21H23NO4S. The third-order valence-corrected chi connectivity index (χ3v) is 6.47. The van der Waals surface area contributed by atoms with Crippen molar-refractivity contribution in [1.29, 1.82) is 0 Å². The van der Waals surface area contributed by atoms with Gasteiger partial charge in [-0.1, -0.05) is 0 Å². The van der Waals surface area contributed by atoms with Crippen LogP contribution < -0.4 is 4.74 Å². The van der Waals surface area contributed by atoms with Crippen LogP contribution >= 0.6 is 11.3 Å². The normalized spacial score (nSPS) is 16.4. The fourth-order valence-corrected chi connectivity index (χ4v) is 4.96. The fourth-order valence-electron chi connectivity index (χ4n) is 3.80. The number of nitrogens with zero attached hydrogens (tertiary/aromatic N) is 1. The maximum atomic E-state index is 12.6. The lowest BCUT2D eigenvalue weighted by molar-refractivity contribution is -0.138. The van der Waals surface area contributed by atoms with E-state index in [4.69, 9.17) is 9.47 Å². The van der Waals surface area contributed by atoms with Crippen LogP contribution in [0.2, 0.25) is 0 Å². The van der Waals surface area contributed by atoms with E-state index in [-0.39, 0.29) is 5.91 Å². The maximum absolute atomic E-state index is 12.6. The molecule has 1 aromatic heterocycles. The first kappa shape index (κ1) is 18.0. The van der Waals surface area contributed by atoms with Gasteiger partial charge in [-0.05, 0) is 73.6 Å². The Balaban J connectivity index is 1.51. The van der Waals surface area contributed by atoms with Crippen LogP contribution in [0.4, 0.5) is 0 Å². The molecule has 1 atom stereocenters. The molecule has 2 aliphatic rings. The highest BCUT2D eigenvalue weighted by molar-refractivity contribution is 7.17. The van der Waals surface area contributed by atoms with E-state index in [1.807, 2.05) is 12.1 Å². The van der Waals surface area contributed by atoms with Crippen molar-refractivity contribution in [3.05, 3.63) is 40.3 Å². The van der Waals surface area contributed by atoms with E-state index in [1.54, 1.807) is 18.9 Å². The van der Waals surface area contributed by atoms with E-state index in [0.717, 1.165) is 55.0 Å². The number of thiophene rings is 1. The topological polar surface area (TPSA) is 55.8 Å². The summed E-state index contributed by atoms with van der Waals surface area (Å²) >= 11 is 1.45. The second kappa shape index (κ2) is 7.35. The summed E-state index contributed by atoms with van der Waals surface area (Å²) < 4.78 is 10.8. The number of aryl methyl sites for hydroxylation is 2. The van der Waals surface area contributed by atoms with Gasteiger partial charge in [-0.15, -0.1) is 11.3 Å². The van der Waals surface area contributed by atoms with Gasteiger partial charge in [0.1, 0.15) is 10.6 Å². The van der Waals surface area contributed by atoms with Crippen molar-refractivity contribution >= 4 is 23.2 Å². The molecule has 0 radical (unpaired) electrons. The van der Waals surface area contributed by atoms with E-state index in [1.165, 1.54) is 22.5 Å². The number of hydrogen-bond donors (Lipinski definition) is 0. The first-order valence-electron chi connectivity index (χ1n) is 9.36. The van der Waals surface area contributed by atoms with Crippen LogP contribution in [0.25, 0.3) is 10.4 Å². The van der Waals surface area contributed by atoms with Gasteiger partial charge in [0.2, 0.25) is 0 Å². The molecule has 1 aliphatic carbocycles. The number of ether oxygens (including phenoxy) is 2. The van der Waals surface area contributed by atoms with Gasteiger partial charge in [0.25, 0.3) is 5.91 Å². The molecule has 142 valence electrons. The molecule has 1 saturated heterocycles. The van der Waals surface area contributed by atoms with Gasteiger partial charge < -0.3 is 14.4 Å². The van der Waals surface area contributed by atoms with Gasteiger partial charge in [0.15, 0.2) is 6.10 Å². The molecule has 0 saturated carbocycles. The van der Waals surface area contributed by atoms with Crippen LogP contribution in [-0.2, 0) is 22.4 Å². The number of carbonyl (C=O) groups excluding carboxylic acids is 2. The average molecular weight is 385 g/mol. The monoisotopic (exact) mass is 385 g/mol. The van der Waals surface area contributed by atoms with E-state index in [2.05, 4.69) is 12.1 Å². The minimum atomic E-state index is -0.744. The number of hydrogen-bond acceptors (Lipinski definition) is 5. The summed E-state index contributed by atoms with van der Waals surface area (Å²) in [5, 5.41) is 0.